The molecule has 0 saturated carbocycles. The molecule has 0 atom stereocenters. The number of urea groups is 1. The molecule has 7 heteroatoms. The number of hydrogen-bond donors (Lipinski definition) is 2. The zero-order chi connectivity index (χ0) is 17.0. The minimum atomic E-state index is -0.324. The van der Waals surface area contributed by atoms with Crippen LogP contribution < -0.4 is 15.4 Å². The van der Waals surface area contributed by atoms with Crippen LogP contribution in [0, 0.1) is 6.92 Å². The molecule has 1 aromatic heterocycles. The highest BCUT2D eigenvalue weighted by molar-refractivity contribution is 5.90. The van der Waals surface area contributed by atoms with Gasteiger partial charge in [-0.3, -0.25) is 0 Å². The second-order valence-electron chi connectivity index (χ2n) is 6.27. The van der Waals surface area contributed by atoms with E-state index in [4.69, 9.17) is 4.74 Å². The van der Waals surface area contributed by atoms with Crippen LogP contribution in [0.5, 0.6) is 5.75 Å². The van der Waals surface area contributed by atoms with Crippen molar-refractivity contribution < 1.29 is 9.53 Å². The van der Waals surface area contributed by atoms with Crippen LogP contribution in [0.1, 0.15) is 32.2 Å². The van der Waals surface area contributed by atoms with Crippen molar-refractivity contribution in [1.29, 1.82) is 0 Å². The molecule has 0 unspecified atom stereocenters. The Morgan fingerprint density at radius 2 is 2.09 bits per heavy atom. The fourth-order valence-electron chi connectivity index (χ4n) is 2.17. The number of aryl methyl sites for hydroxylation is 1. The monoisotopic (exact) mass is 317 g/mol. The highest BCUT2D eigenvalue weighted by Crippen LogP contribution is 2.25. The van der Waals surface area contributed by atoms with Gasteiger partial charge in [0.1, 0.15) is 17.9 Å². The average Bonchev–Trinajstić information content (AvgIpc) is 2.95. The van der Waals surface area contributed by atoms with Crippen LogP contribution in [0.25, 0.3) is 0 Å². The number of anilines is 1. The summed E-state index contributed by atoms with van der Waals surface area (Å²) in [6, 6.07) is 5.27. The molecular weight excluding hydrogens is 294 g/mol. The largest absolute Gasteiger partial charge is 0.495 e. The third kappa shape index (κ3) is 4.21. The second-order valence-corrected chi connectivity index (χ2v) is 6.27. The van der Waals surface area contributed by atoms with Crippen molar-refractivity contribution in [1.82, 2.24) is 20.1 Å². The number of nitrogens with zero attached hydrogens (tertiary/aromatic N) is 3. The highest BCUT2D eigenvalue weighted by atomic mass is 16.5. The van der Waals surface area contributed by atoms with Gasteiger partial charge >= 0.3 is 6.03 Å². The van der Waals surface area contributed by atoms with Crippen LogP contribution in [0.4, 0.5) is 10.5 Å². The summed E-state index contributed by atoms with van der Waals surface area (Å²) in [7, 11) is 1.57. The number of carbonyl (C=O) groups is 1. The number of benzene rings is 1. The molecule has 0 bridgehead atoms. The summed E-state index contributed by atoms with van der Waals surface area (Å²) in [6.07, 6.45) is 1.49. The molecule has 124 valence electrons. The third-order valence-electron chi connectivity index (χ3n) is 3.27. The molecule has 0 radical (unpaired) electrons. The quantitative estimate of drug-likeness (QED) is 0.908. The Labute approximate surface area is 136 Å². The minimum absolute atomic E-state index is 0.190. The van der Waals surface area contributed by atoms with E-state index >= 15 is 0 Å². The highest BCUT2D eigenvalue weighted by Gasteiger charge is 2.18. The van der Waals surface area contributed by atoms with Crippen molar-refractivity contribution in [3.05, 3.63) is 35.9 Å². The van der Waals surface area contributed by atoms with E-state index in [0.717, 1.165) is 5.56 Å². The van der Waals surface area contributed by atoms with Gasteiger partial charge in [0, 0.05) is 0 Å². The molecule has 1 heterocycles. The van der Waals surface area contributed by atoms with E-state index in [2.05, 4.69) is 20.7 Å². The Morgan fingerprint density at radius 1 is 1.35 bits per heavy atom. The fourth-order valence-corrected chi connectivity index (χ4v) is 2.17. The van der Waals surface area contributed by atoms with Gasteiger partial charge in [0.25, 0.3) is 0 Å². The Morgan fingerprint density at radius 3 is 2.74 bits per heavy atom. The Bertz CT molecular complexity index is 688. The molecule has 2 aromatic rings. The number of amides is 2. The SMILES string of the molecule is COc1cc(C)ccc1NC(=O)NCc1ncnn1C(C)(C)C. The number of methoxy groups -OCH3 is 1. The van der Waals surface area contributed by atoms with Crippen LogP contribution in [0.15, 0.2) is 24.5 Å². The molecular formula is C16H23N5O2. The lowest BCUT2D eigenvalue weighted by Crippen LogP contribution is -2.32. The van der Waals surface area contributed by atoms with Crippen molar-refractivity contribution in [2.45, 2.75) is 39.8 Å². The standard InChI is InChI=1S/C16H23N5O2/c1-11-6-7-12(13(8-11)23-5)20-15(22)17-9-14-18-10-19-21(14)16(2,3)4/h6-8,10H,9H2,1-5H3,(H2,17,20,22). The van der Waals surface area contributed by atoms with E-state index < -0.39 is 0 Å². The topological polar surface area (TPSA) is 81.1 Å². The van der Waals surface area contributed by atoms with E-state index in [-0.39, 0.29) is 18.1 Å². The summed E-state index contributed by atoms with van der Waals surface area (Å²) in [5.41, 5.74) is 1.49. The summed E-state index contributed by atoms with van der Waals surface area (Å²) < 4.78 is 7.06. The van der Waals surface area contributed by atoms with E-state index in [9.17, 15) is 4.79 Å². The molecule has 2 rings (SSSR count). The van der Waals surface area contributed by atoms with Gasteiger partial charge < -0.3 is 15.4 Å². The van der Waals surface area contributed by atoms with Crippen LogP contribution in [0.2, 0.25) is 0 Å². The number of nitrogens with one attached hydrogen (secondary N) is 2. The molecule has 0 fully saturated rings. The summed E-state index contributed by atoms with van der Waals surface area (Å²) in [6.45, 7) is 8.34. The maximum absolute atomic E-state index is 12.1. The lowest BCUT2D eigenvalue weighted by Gasteiger charge is -2.21. The molecule has 0 aliphatic rings. The predicted molar refractivity (Wildman–Crippen MR) is 88.6 cm³/mol. The van der Waals surface area contributed by atoms with E-state index in [0.29, 0.717) is 17.3 Å². The molecule has 2 amide bonds. The minimum Gasteiger partial charge on any atom is -0.495 e. The predicted octanol–water partition coefficient (Wildman–Crippen LogP) is 2.67. The van der Waals surface area contributed by atoms with Crippen molar-refractivity contribution >= 4 is 11.7 Å². The molecule has 0 spiro atoms. The second kappa shape index (κ2) is 6.68. The first-order valence-corrected chi connectivity index (χ1v) is 7.40. The molecule has 0 aliphatic heterocycles. The average molecular weight is 317 g/mol. The van der Waals surface area contributed by atoms with E-state index in [1.165, 1.54) is 6.33 Å². The third-order valence-corrected chi connectivity index (χ3v) is 3.27. The van der Waals surface area contributed by atoms with Gasteiger partial charge in [-0.1, -0.05) is 6.07 Å². The molecule has 0 saturated heterocycles. The van der Waals surface area contributed by atoms with Gasteiger partial charge in [0.05, 0.1) is 24.9 Å². The van der Waals surface area contributed by atoms with E-state index in [1.807, 2.05) is 45.9 Å². The number of ether oxygens (including phenoxy) is 1. The Balaban J connectivity index is 2.00. The summed E-state index contributed by atoms with van der Waals surface area (Å²) in [5, 5.41) is 9.76. The summed E-state index contributed by atoms with van der Waals surface area (Å²) in [5.74, 6) is 1.32. The number of hydrogen-bond acceptors (Lipinski definition) is 4. The van der Waals surface area contributed by atoms with Gasteiger partial charge in [-0.05, 0) is 45.4 Å². The van der Waals surface area contributed by atoms with Crippen molar-refractivity contribution in [3.8, 4) is 5.75 Å². The van der Waals surface area contributed by atoms with Crippen LogP contribution in [-0.4, -0.2) is 27.9 Å². The lowest BCUT2D eigenvalue weighted by atomic mass is 10.1. The maximum atomic E-state index is 12.1. The number of aromatic nitrogens is 3. The molecule has 0 aliphatic carbocycles. The number of carbonyl (C=O) groups excluding carboxylic acids is 1. The van der Waals surface area contributed by atoms with Gasteiger partial charge in [0.2, 0.25) is 0 Å². The van der Waals surface area contributed by atoms with Gasteiger partial charge in [-0.2, -0.15) is 5.10 Å². The fraction of sp³-hybridized carbons (Fsp3) is 0.438. The summed E-state index contributed by atoms with van der Waals surface area (Å²) in [4.78, 5) is 16.3. The zero-order valence-corrected chi connectivity index (χ0v) is 14.2. The summed E-state index contributed by atoms with van der Waals surface area (Å²) >= 11 is 0. The number of rotatable bonds is 4. The van der Waals surface area contributed by atoms with Crippen molar-refractivity contribution in [3.63, 3.8) is 0 Å². The van der Waals surface area contributed by atoms with Gasteiger partial charge in [-0.25, -0.2) is 14.5 Å². The lowest BCUT2D eigenvalue weighted by molar-refractivity contribution is 0.250. The first-order chi connectivity index (χ1) is 10.8. The van der Waals surface area contributed by atoms with Gasteiger partial charge in [-0.15, -0.1) is 0 Å². The van der Waals surface area contributed by atoms with Gasteiger partial charge in [0.15, 0.2) is 0 Å². The van der Waals surface area contributed by atoms with Crippen molar-refractivity contribution in [2.24, 2.45) is 0 Å². The zero-order valence-electron chi connectivity index (χ0n) is 14.2. The van der Waals surface area contributed by atoms with E-state index in [1.54, 1.807) is 11.8 Å². The molecule has 23 heavy (non-hydrogen) atoms. The molecule has 7 nitrogen and oxygen atoms in total. The molecule has 2 N–H and O–H groups in total. The normalized spacial score (nSPS) is 11.2. The Hall–Kier alpha value is -2.57. The van der Waals surface area contributed by atoms with Crippen LogP contribution in [0.3, 0.4) is 0 Å². The first kappa shape index (κ1) is 16.8. The first-order valence-electron chi connectivity index (χ1n) is 7.40. The Kier molecular flexibility index (Phi) is 4.88. The maximum Gasteiger partial charge on any atom is 0.319 e. The van der Waals surface area contributed by atoms with Crippen molar-refractivity contribution in [2.75, 3.05) is 12.4 Å². The van der Waals surface area contributed by atoms with Crippen LogP contribution in [-0.2, 0) is 12.1 Å². The van der Waals surface area contributed by atoms with Crippen LogP contribution >= 0.6 is 0 Å². The smallest absolute Gasteiger partial charge is 0.319 e. The molecule has 1 aromatic carbocycles.